The van der Waals surface area contributed by atoms with Crippen molar-refractivity contribution in [1.82, 2.24) is 0 Å². The van der Waals surface area contributed by atoms with Gasteiger partial charge in [-0.25, -0.2) is 0 Å². The van der Waals surface area contributed by atoms with Gasteiger partial charge in [-0.05, 0) is 18.8 Å². The SMILES string of the molecule is CCCCCCC(/C=C\CCOCOC)CO. The van der Waals surface area contributed by atoms with Crippen LogP contribution in [0, 0.1) is 5.92 Å². The van der Waals surface area contributed by atoms with Crippen LogP contribution in [0.4, 0.5) is 0 Å². The monoisotopic (exact) mass is 244 g/mol. The van der Waals surface area contributed by atoms with Gasteiger partial charge in [0.05, 0.1) is 6.61 Å². The molecule has 1 atom stereocenters. The van der Waals surface area contributed by atoms with Gasteiger partial charge in [-0.1, -0.05) is 44.8 Å². The van der Waals surface area contributed by atoms with Gasteiger partial charge >= 0.3 is 0 Å². The molecule has 1 unspecified atom stereocenters. The van der Waals surface area contributed by atoms with E-state index in [1.807, 2.05) is 0 Å². The molecule has 1 N–H and O–H groups in total. The Bertz CT molecular complexity index is 169. The lowest BCUT2D eigenvalue weighted by molar-refractivity contribution is -0.0286. The zero-order valence-electron chi connectivity index (χ0n) is 11.4. The molecule has 0 bridgehead atoms. The van der Waals surface area contributed by atoms with Crippen LogP contribution < -0.4 is 0 Å². The summed E-state index contributed by atoms with van der Waals surface area (Å²) in [6.07, 6.45) is 11.2. The van der Waals surface area contributed by atoms with Crippen molar-refractivity contribution in [3.8, 4) is 0 Å². The highest BCUT2D eigenvalue weighted by Crippen LogP contribution is 2.12. The van der Waals surface area contributed by atoms with E-state index >= 15 is 0 Å². The summed E-state index contributed by atoms with van der Waals surface area (Å²) >= 11 is 0. The van der Waals surface area contributed by atoms with E-state index in [1.165, 1.54) is 25.7 Å². The van der Waals surface area contributed by atoms with Gasteiger partial charge in [0.1, 0.15) is 6.79 Å². The van der Waals surface area contributed by atoms with E-state index in [4.69, 9.17) is 9.47 Å². The molecule has 0 aliphatic rings. The Kier molecular flexibility index (Phi) is 13.4. The molecule has 17 heavy (non-hydrogen) atoms. The second-order valence-electron chi connectivity index (χ2n) is 4.32. The molecule has 102 valence electrons. The minimum absolute atomic E-state index is 0.252. The minimum Gasteiger partial charge on any atom is -0.396 e. The number of aliphatic hydroxyl groups is 1. The molecule has 3 heteroatoms. The first-order chi connectivity index (χ1) is 8.35. The fourth-order valence-corrected chi connectivity index (χ4v) is 1.66. The fourth-order valence-electron chi connectivity index (χ4n) is 1.66. The third-order valence-electron chi connectivity index (χ3n) is 2.70. The smallest absolute Gasteiger partial charge is 0.146 e. The molecule has 0 aliphatic heterocycles. The number of hydrogen-bond donors (Lipinski definition) is 1. The highest BCUT2D eigenvalue weighted by Gasteiger charge is 2.01. The fraction of sp³-hybridized carbons (Fsp3) is 0.857. The number of aliphatic hydroxyl groups excluding tert-OH is 1. The lowest BCUT2D eigenvalue weighted by Crippen LogP contribution is -2.03. The first kappa shape index (κ1) is 16.6. The predicted octanol–water partition coefficient (Wildman–Crippen LogP) is 3.13. The third-order valence-corrected chi connectivity index (χ3v) is 2.70. The van der Waals surface area contributed by atoms with Crippen molar-refractivity contribution >= 4 is 0 Å². The topological polar surface area (TPSA) is 38.7 Å². The van der Waals surface area contributed by atoms with E-state index in [-0.39, 0.29) is 6.61 Å². The van der Waals surface area contributed by atoms with Crippen molar-refractivity contribution < 1.29 is 14.6 Å². The number of methoxy groups -OCH3 is 1. The van der Waals surface area contributed by atoms with Crippen molar-refractivity contribution in [2.75, 3.05) is 27.1 Å². The number of hydrogen-bond acceptors (Lipinski definition) is 3. The zero-order valence-corrected chi connectivity index (χ0v) is 11.4. The first-order valence-corrected chi connectivity index (χ1v) is 6.69. The Hall–Kier alpha value is -0.380. The summed E-state index contributed by atoms with van der Waals surface area (Å²) in [5.74, 6) is 0.314. The quantitative estimate of drug-likeness (QED) is 0.326. The summed E-state index contributed by atoms with van der Waals surface area (Å²) < 4.78 is 9.96. The van der Waals surface area contributed by atoms with Crippen LogP contribution in [0.2, 0.25) is 0 Å². The van der Waals surface area contributed by atoms with Gasteiger partial charge in [-0.3, -0.25) is 0 Å². The van der Waals surface area contributed by atoms with Crippen LogP contribution in [-0.2, 0) is 9.47 Å². The standard InChI is InChI=1S/C14H28O3/c1-3-4-5-6-9-14(12-15)10-7-8-11-17-13-16-2/h7,10,14-15H,3-6,8-9,11-13H2,1-2H3/b10-7-. The summed E-state index contributed by atoms with van der Waals surface area (Å²) in [5.41, 5.74) is 0. The summed E-state index contributed by atoms with van der Waals surface area (Å²) in [5, 5.41) is 9.22. The molecule has 0 aromatic rings. The molecule has 0 amide bonds. The molecule has 0 saturated heterocycles. The molecule has 0 rings (SSSR count). The highest BCUT2D eigenvalue weighted by molar-refractivity contribution is 4.88. The molecule has 3 nitrogen and oxygen atoms in total. The number of unbranched alkanes of at least 4 members (excludes halogenated alkanes) is 3. The molecule has 0 fully saturated rings. The zero-order chi connectivity index (χ0) is 12.8. The van der Waals surface area contributed by atoms with Crippen molar-refractivity contribution in [2.24, 2.45) is 5.92 Å². The Morgan fingerprint density at radius 2 is 2.06 bits per heavy atom. The van der Waals surface area contributed by atoms with Gasteiger partial charge in [0.2, 0.25) is 0 Å². The Labute approximate surface area is 106 Å². The normalized spacial score (nSPS) is 13.4. The van der Waals surface area contributed by atoms with Crippen LogP contribution in [0.25, 0.3) is 0 Å². The first-order valence-electron chi connectivity index (χ1n) is 6.69. The Morgan fingerprint density at radius 3 is 2.71 bits per heavy atom. The van der Waals surface area contributed by atoms with Crippen LogP contribution >= 0.6 is 0 Å². The molecule has 0 aromatic heterocycles. The molecule has 0 heterocycles. The van der Waals surface area contributed by atoms with Gasteiger partial charge in [0.25, 0.3) is 0 Å². The largest absolute Gasteiger partial charge is 0.396 e. The van der Waals surface area contributed by atoms with Gasteiger partial charge in [-0.2, -0.15) is 0 Å². The molecule has 0 radical (unpaired) electrons. The van der Waals surface area contributed by atoms with Gasteiger partial charge in [0, 0.05) is 13.7 Å². The van der Waals surface area contributed by atoms with E-state index in [0.717, 1.165) is 12.8 Å². The van der Waals surface area contributed by atoms with Gasteiger partial charge < -0.3 is 14.6 Å². The summed E-state index contributed by atoms with van der Waals surface area (Å²) in [4.78, 5) is 0. The molecular weight excluding hydrogens is 216 g/mol. The van der Waals surface area contributed by atoms with Crippen molar-refractivity contribution in [3.63, 3.8) is 0 Å². The van der Waals surface area contributed by atoms with E-state index in [0.29, 0.717) is 19.3 Å². The predicted molar refractivity (Wildman–Crippen MR) is 70.9 cm³/mol. The lowest BCUT2D eigenvalue weighted by Gasteiger charge is -2.08. The number of ether oxygens (including phenoxy) is 2. The summed E-state index contributed by atoms with van der Waals surface area (Å²) in [6, 6.07) is 0. The van der Waals surface area contributed by atoms with Crippen LogP contribution in [0.5, 0.6) is 0 Å². The van der Waals surface area contributed by atoms with E-state index in [9.17, 15) is 5.11 Å². The number of rotatable bonds is 12. The average molecular weight is 244 g/mol. The second kappa shape index (κ2) is 13.7. The van der Waals surface area contributed by atoms with E-state index in [1.54, 1.807) is 7.11 Å². The van der Waals surface area contributed by atoms with E-state index in [2.05, 4.69) is 19.1 Å². The van der Waals surface area contributed by atoms with Crippen LogP contribution in [0.1, 0.15) is 45.4 Å². The summed E-state index contributed by atoms with van der Waals surface area (Å²) in [7, 11) is 1.62. The molecular formula is C14H28O3. The van der Waals surface area contributed by atoms with Crippen LogP contribution in [-0.4, -0.2) is 32.2 Å². The van der Waals surface area contributed by atoms with E-state index < -0.39 is 0 Å². The van der Waals surface area contributed by atoms with Crippen LogP contribution in [0.15, 0.2) is 12.2 Å². The maximum Gasteiger partial charge on any atom is 0.146 e. The maximum absolute atomic E-state index is 9.22. The lowest BCUT2D eigenvalue weighted by atomic mass is 10.0. The Morgan fingerprint density at radius 1 is 1.24 bits per heavy atom. The van der Waals surface area contributed by atoms with Crippen molar-refractivity contribution in [3.05, 3.63) is 12.2 Å². The minimum atomic E-state index is 0.252. The van der Waals surface area contributed by atoms with Crippen molar-refractivity contribution in [2.45, 2.75) is 45.4 Å². The molecule has 0 saturated carbocycles. The highest BCUT2D eigenvalue weighted by atomic mass is 16.7. The average Bonchev–Trinajstić information content (AvgIpc) is 2.36. The van der Waals surface area contributed by atoms with Gasteiger partial charge in [-0.15, -0.1) is 0 Å². The summed E-state index contributed by atoms with van der Waals surface area (Å²) in [6.45, 7) is 3.50. The second-order valence-corrected chi connectivity index (χ2v) is 4.32. The Balaban J connectivity index is 3.47. The molecule has 0 aromatic carbocycles. The molecule has 0 spiro atoms. The van der Waals surface area contributed by atoms with Gasteiger partial charge in [0.15, 0.2) is 0 Å². The molecule has 0 aliphatic carbocycles. The third kappa shape index (κ3) is 11.9. The maximum atomic E-state index is 9.22. The van der Waals surface area contributed by atoms with Crippen LogP contribution in [0.3, 0.4) is 0 Å². The van der Waals surface area contributed by atoms with Crippen molar-refractivity contribution in [1.29, 1.82) is 0 Å².